The molecule has 2 fully saturated rings. The minimum atomic E-state index is -3.54. The van der Waals surface area contributed by atoms with Crippen molar-refractivity contribution in [2.45, 2.75) is 42.1 Å². The van der Waals surface area contributed by atoms with Gasteiger partial charge in [-0.05, 0) is 52.2 Å². The molecule has 0 unspecified atom stereocenters. The summed E-state index contributed by atoms with van der Waals surface area (Å²) in [7, 11) is -1.58. The summed E-state index contributed by atoms with van der Waals surface area (Å²) in [5.74, 6) is -1.15. The Morgan fingerprint density at radius 3 is 2.18 bits per heavy atom. The molecular formula is C11H19NO4S. The largest absolute Gasteiger partial charge is 0.480 e. The molecule has 1 heterocycles. The predicted molar refractivity (Wildman–Crippen MR) is 63.7 cm³/mol. The quantitative estimate of drug-likeness (QED) is 0.801. The van der Waals surface area contributed by atoms with Crippen molar-refractivity contribution in [1.29, 1.82) is 0 Å². The maximum Gasteiger partial charge on any atom is 0.325 e. The lowest BCUT2D eigenvalue weighted by Gasteiger charge is -2.41. The Morgan fingerprint density at radius 1 is 1.29 bits per heavy atom. The van der Waals surface area contributed by atoms with E-state index in [4.69, 9.17) is 0 Å². The van der Waals surface area contributed by atoms with E-state index >= 15 is 0 Å². The third-order valence-electron chi connectivity index (χ3n) is 4.20. The smallest absolute Gasteiger partial charge is 0.325 e. The SMILES string of the molecule is CN1CCC(S(=O)(=O)C2(C(=O)O)CCC2)CC1. The molecule has 2 rings (SSSR count). The highest BCUT2D eigenvalue weighted by molar-refractivity contribution is 7.94. The zero-order valence-corrected chi connectivity index (χ0v) is 10.9. The van der Waals surface area contributed by atoms with Gasteiger partial charge in [0.1, 0.15) is 0 Å². The van der Waals surface area contributed by atoms with E-state index in [0.29, 0.717) is 19.3 Å². The minimum absolute atomic E-state index is 0.289. The topological polar surface area (TPSA) is 74.7 Å². The molecule has 0 aromatic heterocycles. The first kappa shape index (κ1) is 12.8. The third-order valence-corrected chi connectivity index (χ3v) is 7.22. The molecule has 5 nitrogen and oxygen atoms in total. The highest BCUT2D eigenvalue weighted by Crippen LogP contribution is 2.43. The number of carboxylic acids is 1. The van der Waals surface area contributed by atoms with E-state index in [-0.39, 0.29) is 12.8 Å². The van der Waals surface area contributed by atoms with Crippen LogP contribution in [0.4, 0.5) is 0 Å². The molecule has 0 bridgehead atoms. The van der Waals surface area contributed by atoms with Crippen LogP contribution in [0.5, 0.6) is 0 Å². The molecule has 1 aliphatic heterocycles. The number of sulfone groups is 1. The maximum absolute atomic E-state index is 12.4. The Morgan fingerprint density at radius 2 is 1.82 bits per heavy atom. The lowest BCUT2D eigenvalue weighted by molar-refractivity contribution is -0.142. The fourth-order valence-corrected chi connectivity index (χ4v) is 5.30. The second-order valence-corrected chi connectivity index (χ2v) is 7.74. The zero-order valence-electron chi connectivity index (χ0n) is 10.1. The Bertz CT molecular complexity index is 405. The summed E-state index contributed by atoms with van der Waals surface area (Å²) in [6.45, 7) is 1.47. The van der Waals surface area contributed by atoms with Crippen molar-refractivity contribution in [3.05, 3.63) is 0 Å². The van der Waals surface area contributed by atoms with Crippen LogP contribution < -0.4 is 0 Å². The molecule has 1 aliphatic carbocycles. The number of aliphatic carboxylic acids is 1. The van der Waals surface area contributed by atoms with Gasteiger partial charge >= 0.3 is 5.97 Å². The first-order chi connectivity index (χ1) is 7.90. The molecule has 17 heavy (non-hydrogen) atoms. The average Bonchev–Trinajstić information content (AvgIpc) is 2.14. The van der Waals surface area contributed by atoms with E-state index in [1.165, 1.54) is 0 Å². The van der Waals surface area contributed by atoms with Gasteiger partial charge in [0.05, 0.1) is 5.25 Å². The summed E-state index contributed by atoms with van der Waals surface area (Å²) in [5, 5.41) is 8.75. The highest BCUT2D eigenvalue weighted by Gasteiger charge is 2.57. The number of rotatable bonds is 3. The molecule has 0 atom stereocenters. The van der Waals surface area contributed by atoms with Crippen LogP contribution in [0.3, 0.4) is 0 Å². The van der Waals surface area contributed by atoms with Crippen molar-refractivity contribution in [2.24, 2.45) is 0 Å². The molecule has 0 aromatic rings. The maximum atomic E-state index is 12.4. The summed E-state index contributed by atoms with van der Waals surface area (Å²) in [6.07, 6.45) is 2.41. The van der Waals surface area contributed by atoms with Crippen molar-refractivity contribution >= 4 is 15.8 Å². The van der Waals surface area contributed by atoms with Gasteiger partial charge in [-0.1, -0.05) is 0 Å². The normalized spacial score (nSPS) is 26.4. The van der Waals surface area contributed by atoms with Crippen LogP contribution in [0, 0.1) is 0 Å². The third kappa shape index (κ3) is 1.87. The number of carboxylic acid groups (broad SMARTS) is 1. The standard InChI is InChI=1S/C11H19NO4S/c1-12-7-3-9(4-8-12)17(15,16)11(10(13)14)5-2-6-11/h9H,2-8H2,1H3,(H,13,14). The van der Waals surface area contributed by atoms with E-state index in [2.05, 4.69) is 4.90 Å². The van der Waals surface area contributed by atoms with E-state index in [1.54, 1.807) is 0 Å². The Kier molecular flexibility index (Phi) is 3.20. The molecule has 2 aliphatic rings. The minimum Gasteiger partial charge on any atom is -0.480 e. The molecule has 98 valence electrons. The van der Waals surface area contributed by atoms with Crippen molar-refractivity contribution in [1.82, 2.24) is 4.90 Å². The van der Waals surface area contributed by atoms with Crippen molar-refractivity contribution in [2.75, 3.05) is 20.1 Å². The van der Waals surface area contributed by atoms with Gasteiger partial charge in [-0.25, -0.2) is 8.42 Å². The van der Waals surface area contributed by atoms with Crippen molar-refractivity contribution < 1.29 is 18.3 Å². The van der Waals surface area contributed by atoms with Gasteiger partial charge in [-0.3, -0.25) is 4.79 Å². The Hall–Kier alpha value is -0.620. The molecule has 1 saturated heterocycles. The number of carbonyl (C=O) groups is 1. The Balaban J connectivity index is 2.21. The van der Waals surface area contributed by atoms with Crippen LogP contribution in [-0.4, -0.2) is 54.5 Å². The fourth-order valence-electron chi connectivity index (χ4n) is 2.73. The van der Waals surface area contributed by atoms with Crippen LogP contribution >= 0.6 is 0 Å². The van der Waals surface area contributed by atoms with Crippen LogP contribution in [0.1, 0.15) is 32.1 Å². The van der Waals surface area contributed by atoms with Gasteiger partial charge in [-0.2, -0.15) is 0 Å². The van der Waals surface area contributed by atoms with Gasteiger partial charge in [-0.15, -0.1) is 0 Å². The molecule has 0 amide bonds. The van der Waals surface area contributed by atoms with Crippen LogP contribution in [-0.2, 0) is 14.6 Å². The average molecular weight is 261 g/mol. The fraction of sp³-hybridized carbons (Fsp3) is 0.909. The number of piperidine rings is 1. The summed E-state index contributed by atoms with van der Waals surface area (Å²) < 4.78 is 23.4. The number of hydrogen-bond donors (Lipinski definition) is 1. The van der Waals surface area contributed by atoms with Crippen LogP contribution in [0.2, 0.25) is 0 Å². The summed E-state index contributed by atoms with van der Waals surface area (Å²) in [4.78, 5) is 13.4. The molecule has 0 aromatic carbocycles. The molecule has 1 saturated carbocycles. The summed E-state index contributed by atoms with van der Waals surface area (Å²) >= 11 is 0. The van der Waals surface area contributed by atoms with Gasteiger partial charge in [0, 0.05) is 0 Å². The van der Waals surface area contributed by atoms with E-state index in [1.807, 2.05) is 7.05 Å². The van der Waals surface area contributed by atoms with Gasteiger partial charge in [0.15, 0.2) is 14.6 Å². The van der Waals surface area contributed by atoms with Crippen LogP contribution in [0.25, 0.3) is 0 Å². The summed E-state index contributed by atoms with van der Waals surface area (Å²) in [5.41, 5.74) is 0. The van der Waals surface area contributed by atoms with E-state index < -0.39 is 25.8 Å². The zero-order chi connectivity index (χ0) is 12.7. The Labute approximate surface area is 102 Å². The molecule has 0 spiro atoms. The van der Waals surface area contributed by atoms with Crippen LogP contribution in [0.15, 0.2) is 0 Å². The van der Waals surface area contributed by atoms with E-state index in [9.17, 15) is 18.3 Å². The monoisotopic (exact) mass is 261 g/mol. The lowest BCUT2D eigenvalue weighted by atomic mass is 9.84. The van der Waals surface area contributed by atoms with Gasteiger partial charge in [0.2, 0.25) is 0 Å². The first-order valence-corrected chi connectivity index (χ1v) is 7.60. The molecule has 6 heteroatoms. The summed E-state index contributed by atoms with van der Waals surface area (Å²) in [6, 6.07) is 0. The lowest BCUT2D eigenvalue weighted by Crippen LogP contribution is -2.56. The first-order valence-electron chi connectivity index (χ1n) is 6.05. The molecular weight excluding hydrogens is 242 g/mol. The number of hydrogen-bond acceptors (Lipinski definition) is 4. The van der Waals surface area contributed by atoms with Gasteiger partial charge in [0.25, 0.3) is 0 Å². The molecule has 1 N–H and O–H groups in total. The number of nitrogens with zero attached hydrogens (tertiary/aromatic N) is 1. The van der Waals surface area contributed by atoms with Crippen molar-refractivity contribution in [3.8, 4) is 0 Å². The highest BCUT2D eigenvalue weighted by atomic mass is 32.2. The number of likely N-dealkylation sites (tertiary alicyclic amines) is 1. The second-order valence-electron chi connectivity index (χ2n) is 5.20. The van der Waals surface area contributed by atoms with Crippen molar-refractivity contribution in [3.63, 3.8) is 0 Å². The van der Waals surface area contributed by atoms with Gasteiger partial charge < -0.3 is 10.0 Å². The second kappa shape index (κ2) is 4.24. The predicted octanol–water partition coefficient (Wildman–Crippen LogP) is 0.503. The van der Waals surface area contributed by atoms with E-state index in [0.717, 1.165) is 13.1 Å². The molecule has 0 radical (unpaired) electrons.